The Balaban J connectivity index is 2.12. The molecule has 1 saturated heterocycles. The SMILES string of the molecule is CCOC1N(C2CCCCC2)C(=O)C1(Cl)C#N. The van der Waals surface area contributed by atoms with Crippen molar-refractivity contribution in [3.63, 3.8) is 0 Å². The number of nitrogens with zero attached hydrogens (tertiary/aromatic N) is 2. The van der Waals surface area contributed by atoms with E-state index in [1.807, 2.05) is 13.0 Å². The van der Waals surface area contributed by atoms with E-state index >= 15 is 0 Å². The summed E-state index contributed by atoms with van der Waals surface area (Å²) in [5.74, 6) is -0.285. The quantitative estimate of drug-likeness (QED) is 0.573. The fraction of sp³-hybridized carbons (Fsp3) is 0.833. The van der Waals surface area contributed by atoms with Crippen LogP contribution in [0.15, 0.2) is 0 Å². The van der Waals surface area contributed by atoms with Gasteiger partial charge in [-0.1, -0.05) is 30.9 Å². The Labute approximate surface area is 106 Å². The van der Waals surface area contributed by atoms with Gasteiger partial charge in [-0.25, -0.2) is 0 Å². The van der Waals surface area contributed by atoms with Gasteiger partial charge in [0.2, 0.25) is 0 Å². The number of amides is 1. The van der Waals surface area contributed by atoms with Crippen LogP contribution in [0.3, 0.4) is 0 Å². The van der Waals surface area contributed by atoms with Gasteiger partial charge in [-0.05, 0) is 19.8 Å². The van der Waals surface area contributed by atoms with Crippen molar-refractivity contribution in [1.29, 1.82) is 5.26 Å². The van der Waals surface area contributed by atoms with E-state index in [1.54, 1.807) is 4.90 Å². The highest BCUT2D eigenvalue weighted by Crippen LogP contribution is 2.41. The number of ether oxygens (including phenoxy) is 1. The molecule has 1 saturated carbocycles. The first-order valence-electron chi connectivity index (χ1n) is 6.19. The lowest BCUT2D eigenvalue weighted by Gasteiger charge is -2.52. The maximum Gasteiger partial charge on any atom is 0.265 e. The molecule has 94 valence electrons. The van der Waals surface area contributed by atoms with Crippen molar-refractivity contribution in [2.75, 3.05) is 6.61 Å². The molecular formula is C12H17ClN2O2. The Bertz CT molecular complexity index is 349. The van der Waals surface area contributed by atoms with E-state index in [0.29, 0.717) is 6.61 Å². The van der Waals surface area contributed by atoms with Gasteiger partial charge in [-0.2, -0.15) is 5.26 Å². The van der Waals surface area contributed by atoms with E-state index in [9.17, 15) is 4.79 Å². The van der Waals surface area contributed by atoms with Crippen LogP contribution in [0.5, 0.6) is 0 Å². The summed E-state index contributed by atoms with van der Waals surface area (Å²) in [7, 11) is 0. The molecule has 1 heterocycles. The van der Waals surface area contributed by atoms with Crippen LogP contribution in [0.2, 0.25) is 0 Å². The second-order valence-electron chi connectivity index (χ2n) is 4.64. The van der Waals surface area contributed by atoms with Gasteiger partial charge in [0.05, 0.1) is 0 Å². The Morgan fingerprint density at radius 3 is 2.71 bits per heavy atom. The summed E-state index contributed by atoms with van der Waals surface area (Å²) >= 11 is 6.02. The summed E-state index contributed by atoms with van der Waals surface area (Å²) in [5.41, 5.74) is 0. The number of β-lactam (4-membered cyclic amide) rings is 1. The molecule has 4 nitrogen and oxygen atoms in total. The lowest BCUT2D eigenvalue weighted by Crippen LogP contribution is -2.74. The molecule has 0 radical (unpaired) electrons. The van der Waals surface area contributed by atoms with Crippen molar-refractivity contribution >= 4 is 17.5 Å². The number of alkyl halides is 1. The largest absolute Gasteiger partial charge is 0.355 e. The normalized spacial score (nSPS) is 34.3. The molecule has 2 fully saturated rings. The van der Waals surface area contributed by atoms with Gasteiger partial charge >= 0.3 is 0 Å². The number of rotatable bonds is 3. The maximum atomic E-state index is 12.0. The smallest absolute Gasteiger partial charge is 0.265 e. The van der Waals surface area contributed by atoms with Crippen LogP contribution in [-0.2, 0) is 9.53 Å². The fourth-order valence-electron chi connectivity index (χ4n) is 2.70. The number of halogens is 1. The average Bonchev–Trinajstić information content (AvgIpc) is 2.38. The lowest BCUT2D eigenvalue weighted by atomic mass is 9.87. The maximum absolute atomic E-state index is 12.0. The van der Waals surface area contributed by atoms with Gasteiger partial charge in [-0.3, -0.25) is 4.79 Å². The third-order valence-electron chi connectivity index (χ3n) is 3.59. The third-order valence-corrected chi connectivity index (χ3v) is 4.03. The Kier molecular flexibility index (Phi) is 3.60. The van der Waals surface area contributed by atoms with Gasteiger partial charge < -0.3 is 9.64 Å². The minimum Gasteiger partial charge on any atom is -0.355 e. The average molecular weight is 257 g/mol. The number of carbonyl (C=O) groups excluding carboxylic acids is 1. The van der Waals surface area contributed by atoms with Crippen molar-refractivity contribution in [2.24, 2.45) is 0 Å². The van der Waals surface area contributed by atoms with Crippen LogP contribution in [0.4, 0.5) is 0 Å². The molecule has 0 aromatic rings. The van der Waals surface area contributed by atoms with Crippen LogP contribution in [0.25, 0.3) is 0 Å². The standard InChI is InChI=1S/C12H17ClN2O2/c1-2-17-11-12(13,8-14)10(16)15(11)9-6-4-3-5-7-9/h9,11H,2-7H2,1H3. The van der Waals surface area contributed by atoms with Crippen molar-refractivity contribution < 1.29 is 9.53 Å². The van der Waals surface area contributed by atoms with Gasteiger partial charge in [0.25, 0.3) is 10.8 Å². The van der Waals surface area contributed by atoms with E-state index in [2.05, 4.69) is 0 Å². The molecule has 2 unspecified atom stereocenters. The highest BCUT2D eigenvalue weighted by atomic mass is 35.5. The zero-order valence-electron chi connectivity index (χ0n) is 9.99. The second-order valence-corrected chi connectivity index (χ2v) is 5.23. The van der Waals surface area contributed by atoms with Crippen molar-refractivity contribution in [3.8, 4) is 6.07 Å². The number of nitriles is 1. The Morgan fingerprint density at radius 1 is 1.53 bits per heavy atom. The molecule has 1 aliphatic heterocycles. The number of hydrogen-bond acceptors (Lipinski definition) is 3. The van der Waals surface area contributed by atoms with Gasteiger partial charge in [-0.15, -0.1) is 0 Å². The molecule has 0 bridgehead atoms. The zero-order valence-corrected chi connectivity index (χ0v) is 10.7. The van der Waals surface area contributed by atoms with Gasteiger partial charge in [0.15, 0.2) is 6.23 Å². The van der Waals surface area contributed by atoms with Crippen molar-refractivity contribution in [2.45, 2.75) is 56.2 Å². The molecule has 17 heavy (non-hydrogen) atoms. The van der Waals surface area contributed by atoms with Crippen molar-refractivity contribution in [3.05, 3.63) is 0 Å². The van der Waals surface area contributed by atoms with E-state index < -0.39 is 11.1 Å². The second kappa shape index (κ2) is 4.83. The first-order chi connectivity index (χ1) is 8.15. The first kappa shape index (κ1) is 12.7. The number of carbonyl (C=O) groups is 1. The zero-order chi connectivity index (χ0) is 12.5. The van der Waals surface area contributed by atoms with Gasteiger partial charge in [0.1, 0.15) is 6.07 Å². The monoisotopic (exact) mass is 256 g/mol. The molecule has 1 aliphatic carbocycles. The molecule has 0 N–H and O–H groups in total. The fourth-order valence-corrected chi connectivity index (χ4v) is 2.96. The predicted molar refractivity (Wildman–Crippen MR) is 63.3 cm³/mol. The molecule has 0 aromatic carbocycles. The predicted octanol–water partition coefficient (Wildman–Crippen LogP) is 2.03. The molecule has 5 heteroatoms. The molecule has 0 spiro atoms. The van der Waals surface area contributed by atoms with Crippen LogP contribution in [0.1, 0.15) is 39.0 Å². The molecule has 1 amide bonds. The molecule has 2 rings (SSSR count). The van der Waals surface area contributed by atoms with Crippen LogP contribution >= 0.6 is 11.6 Å². The van der Waals surface area contributed by atoms with Crippen LogP contribution < -0.4 is 0 Å². The Hall–Kier alpha value is -0.790. The summed E-state index contributed by atoms with van der Waals surface area (Å²) in [6, 6.07) is 2.08. The van der Waals surface area contributed by atoms with E-state index in [1.165, 1.54) is 6.42 Å². The molecule has 2 aliphatic rings. The molecule has 2 atom stereocenters. The highest BCUT2D eigenvalue weighted by molar-refractivity contribution is 6.40. The first-order valence-corrected chi connectivity index (χ1v) is 6.57. The minimum absolute atomic E-state index is 0.202. The minimum atomic E-state index is -1.49. The van der Waals surface area contributed by atoms with E-state index in [4.69, 9.17) is 21.6 Å². The summed E-state index contributed by atoms with van der Waals surface area (Å²) in [4.78, 5) is 12.2. The van der Waals surface area contributed by atoms with Gasteiger partial charge in [0, 0.05) is 12.6 Å². The summed E-state index contributed by atoms with van der Waals surface area (Å²) in [5, 5.41) is 9.02. The summed E-state index contributed by atoms with van der Waals surface area (Å²) in [6.45, 7) is 2.30. The van der Waals surface area contributed by atoms with E-state index in [-0.39, 0.29) is 11.9 Å². The lowest BCUT2D eigenvalue weighted by molar-refractivity contribution is -0.189. The summed E-state index contributed by atoms with van der Waals surface area (Å²) < 4.78 is 5.47. The number of likely N-dealkylation sites (tertiary alicyclic amines) is 1. The summed E-state index contributed by atoms with van der Waals surface area (Å²) in [6.07, 6.45) is 4.91. The third kappa shape index (κ3) is 1.92. The van der Waals surface area contributed by atoms with Crippen LogP contribution in [-0.4, -0.2) is 34.6 Å². The van der Waals surface area contributed by atoms with Crippen LogP contribution in [0, 0.1) is 11.3 Å². The van der Waals surface area contributed by atoms with E-state index in [0.717, 1.165) is 25.7 Å². The van der Waals surface area contributed by atoms with Crippen molar-refractivity contribution in [1.82, 2.24) is 4.90 Å². The topological polar surface area (TPSA) is 53.3 Å². The molecular weight excluding hydrogens is 240 g/mol. The number of hydrogen-bond donors (Lipinski definition) is 0. The Morgan fingerprint density at radius 2 is 2.18 bits per heavy atom. The molecule has 0 aromatic heterocycles. The highest BCUT2D eigenvalue weighted by Gasteiger charge is 2.63.